The molecule has 2 rings (SSSR count). The lowest BCUT2D eigenvalue weighted by molar-refractivity contribution is -0.129. The number of aryl methyl sites for hydroxylation is 1. The van der Waals surface area contributed by atoms with Gasteiger partial charge in [-0.2, -0.15) is 0 Å². The zero-order valence-corrected chi connectivity index (χ0v) is 14.6. The Hall–Kier alpha value is -2.69. The summed E-state index contributed by atoms with van der Waals surface area (Å²) in [6.45, 7) is 5.53. The van der Waals surface area contributed by atoms with Crippen LogP contribution >= 0.6 is 0 Å². The van der Waals surface area contributed by atoms with Crippen LogP contribution in [-0.2, 0) is 9.53 Å². The average Bonchev–Trinajstić information content (AvgIpc) is 2.62. The molecule has 132 valence electrons. The van der Waals surface area contributed by atoms with Crippen molar-refractivity contribution in [1.29, 1.82) is 0 Å². The van der Waals surface area contributed by atoms with Gasteiger partial charge >= 0.3 is 5.97 Å². The van der Waals surface area contributed by atoms with E-state index in [1.165, 1.54) is 19.1 Å². The number of hydrogen-bond donors (Lipinski definition) is 1. The van der Waals surface area contributed by atoms with Crippen LogP contribution in [0.5, 0.6) is 0 Å². The molecular formula is C20H22FNO3. The molecule has 2 aromatic carbocycles. The highest BCUT2D eigenvalue weighted by atomic mass is 19.1. The van der Waals surface area contributed by atoms with Gasteiger partial charge in [-0.05, 0) is 43.0 Å². The molecule has 0 saturated heterocycles. The molecule has 0 heterocycles. The molecule has 0 spiro atoms. The van der Waals surface area contributed by atoms with Gasteiger partial charge in [0.15, 0.2) is 6.10 Å². The van der Waals surface area contributed by atoms with Crippen molar-refractivity contribution in [3.05, 3.63) is 71.0 Å². The molecule has 4 nitrogen and oxygen atoms in total. The molecule has 2 atom stereocenters. The van der Waals surface area contributed by atoms with Gasteiger partial charge in [-0.25, -0.2) is 9.18 Å². The first-order valence-corrected chi connectivity index (χ1v) is 8.18. The summed E-state index contributed by atoms with van der Waals surface area (Å²) in [5.41, 5.74) is 1.64. The van der Waals surface area contributed by atoms with Gasteiger partial charge in [-0.1, -0.05) is 43.3 Å². The van der Waals surface area contributed by atoms with E-state index in [0.29, 0.717) is 12.1 Å². The lowest BCUT2D eigenvalue weighted by Gasteiger charge is -2.16. The summed E-state index contributed by atoms with van der Waals surface area (Å²) in [6.07, 6.45) is -0.958. The fourth-order valence-electron chi connectivity index (χ4n) is 2.30. The number of carbonyl (C=O) groups excluding carboxylic acids is 2. The second-order valence-electron chi connectivity index (χ2n) is 6.07. The highest BCUT2D eigenvalue weighted by molar-refractivity contribution is 5.92. The number of benzene rings is 2. The Bertz CT molecular complexity index is 746. The van der Waals surface area contributed by atoms with Crippen LogP contribution < -0.4 is 5.32 Å². The van der Waals surface area contributed by atoms with E-state index in [9.17, 15) is 14.0 Å². The van der Waals surface area contributed by atoms with Crippen LogP contribution in [0.2, 0.25) is 0 Å². The van der Waals surface area contributed by atoms with Crippen molar-refractivity contribution in [3.8, 4) is 0 Å². The van der Waals surface area contributed by atoms with Gasteiger partial charge in [0.05, 0.1) is 5.56 Å². The van der Waals surface area contributed by atoms with Crippen molar-refractivity contribution in [3.63, 3.8) is 0 Å². The Kier molecular flexibility index (Phi) is 6.28. The maximum atomic E-state index is 13.5. The predicted octanol–water partition coefficient (Wildman–Crippen LogP) is 3.60. The van der Waals surface area contributed by atoms with Gasteiger partial charge in [0, 0.05) is 6.54 Å². The van der Waals surface area contributed by atoms with E-state index in [2.05, 4.69) is 5.32 Å². The minimum Gasteiger partial charge on any atom is -0.449 e. The quantitative estimate of drug-likeness (QED) is 0.816. The lowest BCUT2D eigenvalue weighted by Crippen LogP contribution is -2.37. The van der Waals surface area contributed by atoms with E-state index in [-0.39, 0.29) is 17.4 Å². The topological polar surface area (TPSA) is 55.4 Å². The highest BCUT2D eigenvalue weighted by Gasteiger charge is 2.20. The van der Waals surface area contributed by atoms with Gasteiger partial charge in [-0.15, -0.1) is 0 Å². The van der Waals surface area contributed by atoms with Crippen LogP contribution in [0, 0.1) is 12.7 Å². The monoisotopic (exact) mass is 343 g/mol. The average molecular weight is 343 g/mol. The Morgan fingerprint density at radius 1 is 1.12 bits per heavy atom. The maximum Gasteiger partial charge on any atom is 0.339 e. The number of carbonyl (C=O) groups is 2. The van der Waals surface area contributed by atoms with Crippen molar-refractivity contribution in [1.82, 2.24) is 5.32 Å². The normalized spacial score (nSPS) is 13.0. The highest BCUT2D eigenvalue weighted by Crippen LogP contribution is 2.14. The molecule has 0 bridgehead atoms. The Morgan fingerprint density at radius 2 is 1.80 bits per heavy atom. The summed E-state index contributed by atoms with van der Waals surface area (Å²) in [6, 6.07) is 13.9. The minimum atomic E-state index is -0.958. The fraction of sp³-hybridized carbons (Fsp3) is 0.300. The number of rotatable bonds is 6. The third-order valence-electron chi connectivity index (χ3n) is 4.01. The maximum absolute atomic E-state index is 13.5. The summed E-state index contributed by atoms with van der Waals surface area (Å²) in [7, 11) is 0. The summed E-state index contributed by atoms with van der Waals surface area (Å²) >= 11 is 0. The predicted molar refractivity (Wildman–Crippen MR) is 93.9 cm³/mol. The molecule has 0 aromatic heterocycles. The third-order valence-corrected chi connectivity index (χ3v) is 4.01. The standard InChI is InChI=1S/C20H22FNO3/c1-13-9-10-17(11-18(13)21)20(24)25-15(3)19(23)22-12-14(2)16-7-5-4-6-8-16/h4-11,14-15H,12H2,1-3H3,(H,22,23). The fourth-order valence-corrected chi connectivity index (χ4v) is 2.30. The van der Waals surface area contributed by atoms with Crippen molar-refractivity contribution < 1.29 is 18.7 Å². The largest absolute Gasteiger partial charge is 0.449 e. The van der Waals surface area contributed by atoms with Crippen molar-refractivity contribution in [2.75, 3.05) is 6.54 Å². The van der Waals surface area contributed by atoms with E-state index in [0.717, 1.165) is 11.6 Å². The molecule has 0 saturated carbocycles. The van der Waals surface area contributed by atoms with Crippen LogP contribution in [-0.4, -0.2) is 24.5 Å². The van der Waals surface area contributed by atoms with Crippen LogP contribution in [0.4, 0.5) is 4.39 Å². The zero-order valence-electron chi connectivity index (χ0n) is 14.6. The molecule has 25 heavy (non-hydrogen) atoms. The first-order chi connectivity index (χ1) is 11.9. The number of esters is 1. The summed E-state index contributed by atoms with van der Waals surface area (Å²) in [5.74, 6) is -1.45. The van der Waals surface area contributed by atoms with Crippen LogP contribution in [0.15, 0.2) is 48.5 Å². The molecule has 0 aliphatic rings. The lowest BCUT2D eigenvalue weighted by atomic mass is 10.0. The van der Waals surface area contributed by atoms with E-state index in [1.807, 2.05) is 37.3 Å². The zero-order chi connectivity index (χ0) is 18.4. The Balaban J connectivity index is 1.87. The van der Waals surface area contributed by atoms with Gasteiger partial charge in [-0.3, -0.25) is 4.79 Å². The molecule has 1 N–H and O–H groups in total. The van der Waals surface area contributed by atoms with Gasteiger partial charge in [0.25, 0.3) is 5.91 Å². The molecule has 0 radical (unpaired) electrons. The van der Waals surface area contributed by atoms with Gasteiger partial charge < -0.3 is 10.1 Å². The second kappa shape index (κ2) is 8.42. The number of halogens is 1. The summed E-state index contributed by atoms with van der Waals surface area (Å²) in [5, 5.41) is 2.77. The van der Waals surface area contributed by atoms with Crippen molar-refractivity contribution >= 4 is 11.9 Å². The van der Waals surface area contributed by atoms with Crippen LogP contribution in [0.25, 0.3) is 0 Å². The SMILES string of the molecule is Cc1ccc(C(=O)OC(C)C(=O)NCC(C)c2ccccc2)cc1F. The van der Waals surface area contributed by atoms with Crippen LogP contribution in [0.3, 0.4) is 0 Å². The Morgan fingerprint density at radius 3 is 2.44 bits per heavy atom. The molecule has 1 amide bonds. The Labute approximate surface area is 147 Å². The second-order valence-corrected chi connectivity index (χ2v) is 6.07. The molecule has 5 heteroatoms. The van der Waals surface area contributed by atoms with E-state index in [4.69, 9.17) is 4.74 Å². The van der Waals surface area contributed by atoms with E-state index >= 15 is 0 Å². The number of hydrogen-bond acceptors (Lipinski definition) is 3. The molecule has 0 aliphatic heterocycles. The molecule has 0 fully saturated rings. The third kappa shape index (κ3) is 5.14. The summed E-state index contributed by atoms with van der Waals surface area (Å²) < 4.78 is 18.6. The first-order valence-electron chi connectivity index (χ1n) is 8.18. The van der Waals surface area contributed by atoms with Crippen molar-refractivity contribution in [2.45, 2.75) is 32.8 Å². The molecule has 0 aliphatic carbocycles. The van der Waals surface area contributed by atoms with Gasteiger partial charge in [0.2, 0.25) is 0 Å². The molecule has 2 unspecified atom stereocenters. The summed E-state index contributed by atoms with van der Waals surface area (Å²) in [4.78, 5) is 24.1. The van der Waals surface area contributed by atoms with Crippen LogP contribution in [0.1, 0.15) is 41.3 Å². The molecule has 2 aromatic rings. The molecular weight excluding hydrogens is 321 g/mol. The smallest absolute Gasteiger partial charge is 0.339 e. The van der Waals surface area contributed by atoms with Crippen molar-refractivity contribution in [2.24, 2.45) is 0 Å². The number of nitrogens with one attached hydrogen (secondary N) is 1. The van der Waals surface area contributed by atoms with E-state index < -0.39 is 17.9 Å². The first kappa shape index (κ1) is 18.6. The van der Waals surface area contributed by atoms with Gasteiger partial charge in [0.1, 0.15) is 5.82 Å². The number of ether oxygens (including phenoxy) is 1. The number of amides is 1. The van der Waals surface area contributed by atoms with E-state index in [1.54, 1.807) is 6.92 Å². The minimum absolute atomic E-state index is 0.0837.